The number of halogens is 2. The van der Waals surface area contributed by atoms with E-state index in [9.17, 15) is 18.3 Å². The van der Waals surface area contributed by atoms with Gasteiger partial charge in [-0.15, -0.1) is 0 Å². The van der Waals surface area contributed by atoms with Crippen LogP contribution in [0.5, 0.6) is 29.0 Å². The van der Waals surface area contributed by atoms with Crippen molar-refractivity contribution < 1.29 is 41.3 Å². The molecule has 3 N–H and O–H groups in total. The minimum Gasteiger partial charge on any atom is -0.483 e. The summed E-state index contributed by atoms with van der Waals surface area (Å²) in [4.78, 5) is 15.7. The number of sulfonamides is 1. The number of carboxylic acids is 1. The molecule has 0 radical (unpaired) electrons. The molecule has 0 bridgehead atoms. The van der Waals surface area contributed by atoms with E-state index in [4.69, 9.17) is 19.9 Å². The summed E-state index contributed by atoms with van der Waals surface area (Å²) in [5.74, 6) is -6.45. The molecule has 0 amide bonds. The standard InChI is InChI=1S/C31H29F2N3O7S/c1-18-9-10-24(31(37)38)25(13-18)43-30-27(33)28(41-23-11-12-36(17-23)44(2,39)40)26(32)29(35-30)42-22-8-4-7-21(15-22)20-6-3-5-19(14-20)16-34/h3-10,13-15,23H,11-12,16-17,34H2,1-2H3,(H,37,38). The Bertz CT molecular complexity index is 1840. The van der Waals surface area contributed by atoms with Crippen molar-refractivity contribution in [2.45, 2.75) is 26.0 Å². The summed E-state index contributed by atoms with van der Waals surface area (Å²) in [7, 11) is -3.55. The highest BCUT2D eigenvalue weighted by atomic mass is 32.2. The lowest BCUT2D eigenvalue weighted by Gasteiger charge is -2.19. The SMILES string of the molecule is Cc1ccc(C(=O)O)c(Oc2nc(Oc3cccc(-c4cccc(CN)c4)c3)c(F)c(OC3CCN(S(C)(=O)=O)C3)c2F)c1. The Kier molecular flexibility index (Phi) is 8.81. The van der Waals surface area contributed by atoms with E-state index >= 15 is 8.78 Å². The third-order valence-corrected chi connectivity index (χ3v) is 8.23. The summed E-state index contributed by atoms with van der Waals surface area (Å²) in [6.07, 6.45) is 0.318. The van der Waals surface area contributed by atoms with Crippen molar-refractivity contribution >= 4 is 16.0 Å². The molecule has 1 aromatic heterocycles. The number of aryl methyl sites for hydroxylation is 1. The summed E-state index contributed by atoms with van der Waals surface area (Å²) in [5, 5.41) is 9.62. The van der Waals surface area contributed by atoms with Crippen LogP contribution in [0.1, 0.15) is 27.9 Å². The number of aromatic nitrogens is 1. The normalized spacial score (nSPS) is 15.2. The van der Waals surface area contributed by atoms with E-state index in [0.717, 1.165) is 27.3 Å². The van der Waals surface area contributed by atoms with Crippen LogP contribution < -0.4 is 19.9 Å². The molecule has 3 aromatic carbocycles. The Morgan fingerprint density at radius 1 is 1.02 bits per heavy atom. The van der Waals surface area contributed by atoms with E-state index in [1.807, 2.05) is 30.3 Å². The van der Waals surface area contributed by atoms with Crippen molar-refractivity contribution in [2.75, 3.05) is 19.3 Å². The molecule has 0 aliphatic carbocycles. The molecular weight excluding hydrogens is 596 g/mol. The van der Waals surface area contributed by atoms with Crippen LogP contribution in [-0.2, 0) is 16.6 Å². The number of hydrogen-bond donors (Lipinski definition) is 2. The number of ether oxygens (including phenoxy) is 3. The lowest BCUT2D eigenvalue weighted by molar-refractivity contribution is 0.0694. The van der Waals surface area contributed by atoms with Crippen molar-refractivity contribution in [1.29, 1.82) is 0 Å². The van der Waals surface area contributed by atoms with Gasteiger partial charge in [-0.2, -0.15) is 18.1 Å². The van der Waals surface area contributed by atoms with E-state index in [0.29, 0.717) is 12.1 Å². The van der Waals surface area contributed by atoms with Crippen LogP contribution in [0, 0.1) is 18.6 Å². The maximum Gasteiger partial charge on any atom is 0.339 e. The molecule has 0 spiro atoms. The molecule has 1 saturated heterocycles. The number of carboxylic acid groups (broad SMARTS) is 1. The predicted octanol–water partition coefficient (Wildman–Crippen LogP) is 5.49. The van der Waals surface area contributed by atoms with Gasteiger partial charge in [0.15, 0.2) is 0 Å². The van der Waals surface area contributed by atoms with Gasteiger partial charge in [0, 0.05) is 13.1 Å². The lowest BCUT2D eigenvalue weighted by atomic mass is 10.0. The van der Waals surface area contributed by atoms with E-state index in [1.165, 1.54) is 18.2 Å². The highest BCUT2D eigenvalue weighted by Crippen LogP contribution is 2.40. The van der Waals surface area contributed by atoms with Gasteiger partial charge in [0.25, 0.3) is 11.8 Å². The van der Waals surface area contributed by atoms with Gasteiger partial charge in [-0.25, -0.2) is 13.2 Å². The van der Waals surface area contributed by atoms with Crippen LogP contribution in [-0.4, -0.2) is 54.2 Å². The van der Waals surface area contributed by atoms with E-state index < -0.39 is 51.2 Å². The molecule has 1 fully saturated rings. The summed E-state index contributed by atoms with van der Waals surface area (Å²) in [6, 6.07) is 18.4. The number of hydrogen-bond acceptors (Lipinski definition) is 8. The van der Waals surface area contributed by atoms with Gasteiger partial charge in [-0.1, -0.05) is 36.4 Å². The number of carbonyl (C=O) groups is 1. The molecule has 5 rings (SSSR count). The third kappa shape index (κ3) is 6.80. The average molecular weight is 626 g/mol. The average Bonchev–Trinajstić information content (AvgIpc) is 3.47. The van der Waals surface area contributed by atoms with Crippen LogP contribution >= 0.6 is 0 Å². The summed E-state index contributed by atoms with van der Waals surface area (Å²) < 4.78 is 73.8. The Labute approximate surface area is 252 Å². The molecule has 13 heteroatoms. The fourth-order valence-electron chi connectivity index (χ4n) is 4.70. The van der Waals surface area contributed by atoms with Crippen LogP contribution in [0.2, 0.25) is 0 Å². The quantitative estimate of drug-likeness (QED) is 0.234. The molecule has 230 valence electrons. The van der Waals surface area contributed by atoms with E-state index in [1.54, 1.807) is 25.1 Å². The topological polar surface area (TPSA) is 141 Å². The van der Waals surface area contributed by atoms with Gasteiger partial charge in [-0.05, 0) is 65.9 Å². The van der Waals surface area contributed by atoms with Crippen molar-refractivity contribution in [1.82, 2.24) is 9.29 Å². The molecular formula is C31H29F2N3O7S. The zero-order valence-corrected chi connectivity index (χ0v) is 24.6. The molecule has 2 heterocycles. The monoisotopic (exact) mass is 625 g/mol. The molecule has 1 aliphatic heterocycles. The van der Waals surface area contributed by atoms with Crippen LogP contribution in [0.4, 0.5) is 8.78 Å². The van der Waals surface area contributed by atoms with Gasteiger partial charge in [0.1, 0.15) is 23.2 Å². The highest BCUT2D eigenvalue weighted by Gasteiger charge is 2.34. The number of rotatable bonds is 10. The van der Waals surface area contributed by atoms with Gasteiger partial charge in [0.05, 0.1) is 12.8 Å². The number of pyridine rings is 1. The second-order valence-corrected chi connectivity index (χ2v) is 12.3. The molecule has 10 nitrogen and oxygen atoms in total. The number of benzene rings is 3. The molecule has 4 aromatic rings. The first-order valence-electron chi connectivity index (χ1n) is 13.5. The maximum absolute atomic E-state index is 15.9. The van der Waals surface area contributed by atoms with E-state index in [2.05, 4.69) is 4.98 Å². The Morgan fingerprint density at radius 2 is 1.70 bits per heavy atom. The Hall–Kier alpha value is -4.59. The van der Waals surface area contributed by atoms with Crippen LogP contribution in [0.15, 0.2) is 66.7 Å². The first kappa shape index (κ1) is 30.9. The lowest BCUT2D eigenvalue weighted by Crippen LogP contribution is -2.30. The first-order valence-corrected chi connectivity index (χ1v) is 15.4. The van der Waals surface area contributed by atoms with Gasteiger partial charge >= 0.3 is 5.97 Å². The van der Waals surface area contributed by atoms with Gasteiger partial charge in [-0.3, -0.25) is 0 Å². The fraction of sp³-hybridized carbons (Fsp3) is 0.226. The maximum atomic E-state index is 15.9. The highest BCUT2D eigenvalue weighted by molar-refractivity contribution is 7.88. The molecule has 0 saturated carbocycles. The first-order chi connectivity index (χ1) is 20.9. The Morgan fingerprint density at radius 3 is 2.36 bits per heavy atom. The largest absolute Gasteiger partial charge is 0.483 e. The predicted molar refractivity (Wildman–Crippen MR) is 158 cm³/mol. The van der Waals surface area contributed by atoms with Crippen molar-refractivity contribution in [3.63, 3.8) is 0 Å². The summed E-state index contributed by atoms with van der Waals surface area (Å²) >= 11 is 0. The van der Waals surface area contributed by atoms with Gasteiger partial charge in [0.2, 0.25) is 27.4 Å². The van der Waals surface area contributed by atoms with E-state index in [-0.39, 0.29) is 36.6 Å². The van der Waals surface area contributed by atoms with Crippen molar-refractivity contribution in [3.8, 4) is 40.1 Å². The molecule has 1 unspecified atom stereocenters. The van der Waals surface area contributed by atoms with Crippen molar-refractivity contribution in [3.05, 3.63) is 95.1 Å². The molecule has 1 aliphatic rings. The second-order valence-electron chi connectivity index (χ2n) is 10.3. The third-order valence-electron chi connectivity index (χ3n) is 6.96. The second kappa shape index (κ2) is 12.6. The minimum atomic E-state index is -3.55. The number of nitrogens with zero attached hydrogens (tertiary/aromatic N) is 2. The minimum absolute atomic E-state index is 0.105. The van der Waals surface area contributed by atoms with Crippen molar-refractivity contribution in [2.24, 2.45) is 5.73 Å². The van der Waals surface area contributed by atoms with Crippen LogP contribution in [0.3, 0.4) is 0 Å². The zero-order chi connectivity index (χ0) is 31.6. The fourth-order valence-corrected chi connectivity index (χ4v) is 5.58. The molecule has 1 atom stereocenters. The van der Waals surface area contributed by atoms with Gasteiger partial charge < -0.3 is 25.1 Å². The number of nitrogens with two attached hydrogens (primary N) is 1. The molecule has 44 heavy (non-hydrogen) atoms. The Balaban J connectivity index is 1.55. The smallest absolute Gasteiger partial charge is 0.339 e. The zero-order valence-electron chi connectivity index (χ0n) is 23.8. The van der Waals surface area contributed by atoms with Crippen LogP contribution in [0.25, 0.3) is 11.1 Å². The summed E-state index contributed by atoms with van der Waals surface area (Å²) in [5.41, 5.74) is 8.56. The number of aromatic carboxylic acids is 1. The summed E-state index contributed by atoms with van der Waals surface area (Å²) in [6.45, 7) is 2.00.